The Morgan fingerprint density at radius 3 is 2.36 bits per heavy atom. The van der Waals surface area contributed by atoms with Crippen molar-refractivity contribution in [1.82, 2.24) is 10.2 Å². The van der Waals surface area contributed by atoms with E-state index in [0.717, 1.165) is 31.8 Å². The quantitative estimate of drug-likeness (QED) is 0.797. The van der Waals surface area contributed by atoms with E-state index in [-0.39, 0.29) is 5.91 Å². The summed E-state index contributed by atoms with van der Waals surface area (Å²) in [7, 11) is 0. The van der Waals surface area contributed by atoms with Gasteiger partial charge in [0.1, 0.15) is 5.54 Å². The number of nitrogens with zero attached hydrogens (tertiary/aromatic N) is 2. The molecule has 1 amide bonds. The van der Waals surface area contributed by atoms with Gasteiger partial charge in [-0.2, -0.15) is 5.26 Å². The Kier molecular flexibility index (Phi) is 6.76. The van der Waals surface area contributed by atoms with E-state index < -0.39 is 5.54 Å². The molecule has 0 aromatic rings. The summed E-state index contributed by atoms with van der Waals surface area (Å²) in [6.45, 7) is 2.74. The summed E-state index contributed by atoms with van der Waals surface area (Å²) in [4.78, 5) is 14.8. The zero-order valence-electron chi connectivity index (χ0n) is 15.6. The van der Waals surface area contributed by atoms with Gasteiger partial charge in [-0.15, -0.1) is 0 Å². The molecule has 1 heterocycles. The maximum absolute atomic E-state index is 12.4. The van der Waals surface area contributed by atoms with Crippen LogP contribution in [0.3, 0.4) is 0 Å². The lowest BCUT2D eigenvalue weighted by molar-refractivity contribution is -0.119. The molecular weight excluding hydrogens is 310 g/mol. The highest BCUT2D eigenvalue weighted by Crippen LogP contribution is 2.29. The molecule has 1 saturated heterocycles. The lowest BCUT2D eigenvalue weighted by Crippen LogP contribution is -2.49. The van der Waals surface area contributed by atoms with E-state index in [9.17, 15) is 10.1 Å². The van der Waals surface area contributed by atoms with Gasteiger partial charge in [-0.05, 0) is 37.5 Å². The summed E-state index contributed by atoms with van der Waals surface area (Å²) < 4.78 is 0. The van der Waals surface area contributed by atoms with Gasteiger partial charge in [0.15, 0.2) is 0 Å². The van der Waals surface area contributed by atoms with Gasteiger partial charge in [-0.1, -0.05) is 51.4 Å². The second-order valence-electron chi connectivity index (χ2n) is 8.62. The van der Waals surface area contributed by atoms with E-state index in [4.69, 9.17) is 0 Å². The summed E-state index contributed by atoms with van der Waals surface area (Å²) in [5, 5.41) is 12.8. The third-order valence-corrected chi connectivity index (χ3v) is 6.53. The minimum absolute atomic E-state index is 0.0355. The first-order valence-corrected chi connectivity index (χ1v) is 10.5. The first-order valence-electron chi connectivity index (χ1n) is 10.5. The average Bonchev–Trinajstić information content (AvgIpc) is 3.05. The minimum atomic E-state index is -0.672. The Bertz CT molecular complexity index is 474. The van der Waals surface area contributed by atoms with Crippen LogP contribution in [-0.4, -0.2) is 36.0 Å². The number of nitrogens with one attached hydrogen (secondary N) is 1. The van der Waals surface area contributed by atoms with E-state index in [2.05, 4.69) is 16.3 Å². The van der Waals surface area contributed by atoms with Crippen LogP contribution >= 0.6 is 0 Å². The highest BCUT2D eigenvalue weighted by atomic mass is 16.1. The number of nitriles is 1. The number of carbonyl (C=O) groups is 1. The van der Waals surface area contributed by atoms with Crippen molar-refractivity contribution in [2.45, 2.75) is 82.6 Å². The maximum atomic E-state index is 12.4. The summed E-state index contributed by atoms with van der Waals surface area (Å²) in [5.74, 6) is 1.42. The van der Waals surface area contributed by atoms with Crippen molar-refractivity contribution >= 4 is 5.91 Å². The average molecular weight is 345 g/mol. The molecule has 4 nitrogen and oxygen atoms in total. The van der Waals surface area contributed by atoms with Crippen LogP contribution in [0, 0.1) is 29.6 Å². The number of likely N-dealkylation sites (tertiary alicyclic amines) is 1. The van der Waals surface area contributed by atoms with Gasteiger partial charge in [0.2, 0.25) is 5.91 Å². The Hall–Kier alpha value is -1.08. The van der Waals surface area contributed by atoms with Crippen molar-refractivity contribution in [3.05, 3.63) is 6.42 Å². The van der Waals surface area contributed by atoms with E-state index >= 15 is 0 Å². The first-order chi connectivity index (χ1) is 12.2. The molecular formula is C21H34N3O. The molecule has 139 valence electrons. The van der Waals surface area contributed by atoms with E-state index in [1.54, 1.807) is 6.42 Å². The van der Waals surface area contributed by atoms with Crippen LogP contribution in [0.15, 0.2) is 0 Å². The van der Waals surface area contributed by atoms with Crippen LogP contribution in [0.4, 0.5) is 0 Å². The van der Waals surface area contributed by atoms with Gasteiger partial charge in [0, 0.05) is 26.1 Å². The third-order valence-electron chi connectivity index (χ3n) is 6.53. The van der Waals surface area contributed by atoms with Crippen molar-refractivity contribution in [3.63, 3.8) is 0 Å². The van der Waals surface area contributed by atoms with E-state index in [1.807, 2.05) is 0 Å². The lowest BCUT2D eigenvalue weighted by Gasteiger charge is -2.28. The fourth-order valence-corrected chi connectivity index (χ4v) is 4.98. The molecule has 0 spiro atoms. The highest BCUT2D eigenvalue weighted by Gasteiger charge is 2.40. The van der Waals surface area contributed by atoms with Crippen molar-refractivity contribution in [2.75, 3.05) is 19.6 Å². The summed E-state index contributed by atoms with van der Waals surface area (Å²) >= 11 is 0. The molecule has 1 atom stereocenters. The Morgan fingerprint density at radius 1 is 1.08 bits per heavy atom. The third kappa shape index (κ3) is 5.45. The molecule has 0 bridgehead atoms. The largest absolute Gasteiger partial charge is 0.336 e. The Labute approximate surface area is 153 Å². The number of amides is 1. The van der Waals surface area contributed by atoms with Gasteiger partial charge in [-0.3, -0.25) is 9.69 Å². The predicted octanol–water partition coefficient (Wildman–Crippen LogP) is 3.83. The van der Waals surface area contributed by atoms with Crippen LogP contribution in [0.2, 0.25) is 0 Å². The fourth-order valence-electron chi connectivity index (χ4n) is 4.98. The lowest BCUT2D eigenvalue weighted by atomic mass is 9.86. The number of rotatable bonds is 6. The standard InChI is InChI=1S/C21H34N3O/c22-16-21(23-20(25)12-11-18-7-3-1-4-8-18)13-14-24(17-21)15-19-9-5-2-6-10-19/h12,18-19H,1-11,13-15,17H2,(H,23,25). The molecule has 0 aromatic carbocycles. The van der Waals surface area contributed by atoms with Crippen molar-refractivity contribution in [2.24, 2.45) is 11.8 Å². The molecule has 2 saturated carbocycles. The smallest absolute Gasteiger partial charge is 0.225 e. The second kappa shape index (κ2) is 9.03. The van der Waals surface area contributed by atoms with Crippen LogP contribution in [-0.2, 0) is 4.79 Å². The van der Waals surface area contributed by atoms with Gasteiger partial charge in [-0.25, -0.2) is 0 Å². The molecule has 1 radical (unpaired) electrons. The van der Waals surface area contributed by atoms with Crippen molar-refractivity contribution < 1.29 is 4.79 Å². The maximum Gasteiger partial charge on any atom is 0.225 e. The molecule has 1 aliphatic heterocycles. The van der Waals surface area contributed by atoms with Crippen molar-refractivity contribution in [1.29, 1.82) is 5.26 Å². The number of carbonyl (C=O) groups excluding carboxylic acids is 1. The van der Waals surface area contributed by atoms with Gasteiger partial charge in [0.05, 0.1) is 6.07 Å². The molecule has 2 aliphatic carbocycles. The highest BCUT2D eigenvalue weighted by molar-refractivity contribution is 5.85. The zero-order chi connectivity index (χ0) is 17.5. The summed E-state index contributed by atoms with van der Waals surface area (Å²) in [6.07, 6.45) is 16.7. The molecule has 3 fully saturated rings. The van der Waals surface area contributed by atoms with Gasteiger partial charge < -0.3 is 5.32 Å². The van der Waals surface area contributed by atoms with Crippen molar-refractivity contribution in [3.8, 4) is 6.07 Å². The van der Waals surface area contributed by atoms with E-state index in [0.29, 0.717) is 12.5 Å². The molecule has 1 N–H and O–H groups in total. The summed E-state index contributed by atoms with van der Waals surface area (Å²) in [6, 6.07) is 2.42. The molecule has 0 aromatic heterocycles. The molecule has 3 rings (SSSR count). The van der Waals surface area contributed by atoms with E-state index in [1.165, 1.54) is 64.2 Å². The Morgan fingerprint density at radius 2 is 1.72 bits per heavy atom. The van der Waals surface area contributed by atoms with Gasteiger partial charge in [0.25, 0.3) is 0 Å². The van der Waals surface area contributed by atoms with Crippen LogP contribution in [0.25, 0.3) is 0 Å². The Balaban J connectivity index is 1.43. The monoisotopic (exact) mass is 344 g/mol. The molecule has 4 heteroatoms. The zero-order valence-corrected chi connectivity index (χ0v) is 15.6. The van der Waals surface area contributed by atoms with Crippen LogP contribution in [0.1, 0.15) is 77.0 Å². The molecule has 3 aliphatic rings. The molecule has 25 heavy (non-hydrogen) atoms. The van der Waals surface area contributed by atoms with Crippen LogP contribution in [0.5, 0.6) is 0 Å². The predicted molar refractivity (Wildman–Crippen MR) is 99.6 cm³/mol. The number of hydrogen-bond acceptors (Lipinski definition) is 3. The fraction of sp³-hybridized carbons (Fsp3) is 0.857. The minimum Gasteiger partial charge on any atom is -0.336 e. The SMILES string of the molecule is N#CC1(NC(=O)[CH]CC2CCCCC2)CCN(CC2CCCCC2)C1. The topological polar surface area (TPSA) is 56.1 Å². The van der Waals surface area contributed by atoms with Gasteiger partial charge >= 0.3 is 0 Å². The molecule has 1 unspecified atom stereocenters. The van der Waals surface area contributed by atoms with Crippen LogP contribution < -0.4 is 5.32 Å². The normalized spacial score (nSPS) is 29.4. The number of hydrogen-bond donors (Lipinski definition) is 1. The second-order valence-corrected chi connectivity index (χ2v) is 8.62. The summed E-state index contributed by atoms with van der Waals surface area (Å²) in [5.41, 5.74) is -0.672. The first kappa shape index (κ1) is 18.7.